The summed E-state index contributed by atoms with van der Waals surface area (Å²) in [5.41, 5.74) is 0. The Hall–Kier alpha value is -2.41. The number of aryl methyl sites for hydroxylation is 1. The fraction of sp³-hybridized carbons (Fsp3) is 0.353. The quantitative estimate of drug-likeness (QED) is 0.865. The molecule has 0 unspecified atom stereocenters. The summed E-state index contributed by atoms with van der Waals surface area (Å²) in [5, 5.41) is 5.22. The minimum Gasteiger partial charge on any atom is -0.462 e. The molecule has 24 heavy (non-hydrogen) atoms. The van der Waals surface area contributed by atoms with E-state index in [0.29, 0.717) is 24.0 Å². The number of anilines is 1. The van der Waals surface area contributed by atoms with Crippen LogP contribution in [-0.2, 0) is 9.59 Å². The van der Waals surface area contributed by atoms with Crippen molar-refractivity contribution < 1.29 is 14.0 Å². The molecule has 126 valence electrons. The molecule has 3 rings (SSSR count). The molecular weight excluding hydrogens is 326 g/mol. The molecule has 6 nitrogen and oxygen atoms in total. The average Bonchev–Trinajstić information content (AvgIpc) is 3.24. The van der Waals surface area contributed by atoms with Gasteiger partial charge in [0.15, 0.2) is 5.13 Å². The maximum atomic E-state index is 12.3. The molecule has 1 saturated heterocycles. The Balaban J connectivity index is 1.57. The van der Waals surface area contributed by atoms with Gasteiger partial charge in [-0.1, -0.05) is 0 Å². The number of hydrogen-bond acceptors (Lipinski definition) is 5. The fourth-order valence-corrected chi connectivity index (χ4v) is 3.22. The number of piperidine rings is 1. The number of amides is 2. The van der Waals surface area contributed by atoms with E-state index in [1.165, 1.54) is 17.4 Å². The third-order valence-corrected chi connectivity index (χ3v) is 4.61. The standard InChI is InChI=1S/C17H19N3O3S/c1-12-4-5-14(23-12)6-7-15(21)20-9-2-3-13(11-20)16(22)19-17-18-8-10-24-17/h4-8,10,13H,2-3,9,11H2,1H3,(H,18,19,22)/b7-6+/t13-/m1/s1. The van der Waals surface area contributed by atoms with Gasteiger partial charge >= 0.3 is 0 Å². The molecule has 2 aromatic heterocycles. The summed E-state index contributed by atoms with van der Waals surface area (Å²) in [6, 6.07) is 3.67. The highest BCUT2D eigenvalue weighted by molar-refractivity contribution is 7.13. The zero-order valence-corrected chi connectivity index (χ0v) is 14.2. The SMILES string of the molecule is Cc1ccc(/C=C/C(=O)N2CCC[C@@H](C(=O)Nc3nccs3)C2)o1. The first kappa shape index (κ1) is 16.4. The van der Waals surface area contributed by atoms with E-state index in [1.807, 2.05) is 24.4 Å². The van der Waals surface area contributed by atoms with E-state index >= 15 is 0 Å². The fourth-order valence-electron chi connectivity index (χ4n) is 2.69. The number of likely N-dealkylation sites (tertiary alicyclic amines) is 1. The van der Waals surface area contributed by atoms with E-state index in [0.717, 1.165) is 18.6 Å². The average molecular weight is 345 g/mol. The van der Waals surface area contributed by atoms with Crippen molar-refractivity contribution in [1.82, 2.24) is 9.88 Å². The first-order chi connectivity index (χ1) is 11.6. The predicted octanol–water partition coefficient (Wildman–Crippen LogP) is 2.94. The third-order valence-electron chi connectivity index (χ3n) is 3.92. The van der Waals surface area contributed by atoms with Crippen LogP contribution in [0.1, 0.15) is 24.4 Å². The summed E-state index contributed by atoms with van der Waals surface area (Å²) >= 11 is 1.38. The van der Waals surface area contributed by atoms with E-state index < -0.39 is 0 Å². The molecule has 1 atom stereocenters. The molecule has 0 radical (unpaired) electrons. The lowest BCUT2D eigenvalue weighted by Crippen LogP contribution is -2.43. The summed E-state index contributed by atoms with van der Waals surface area (Å²) in [6.45, 7) is 2.95. The Morgan fingerprint density at radius 3 is 3.04 bits per heavy atom. The lowest BCUT2D eigenvalue weighted by atomic mass is 9.97. The van der Waals surface area contributed by atoms with Gasteiger partial charge in [-0.25, -0.2) is 4.98 Å². The van der Waals surface area contributed by atoms with Crippen molar-refractivity contribution in [2.24, 2.45) is 5.92 Å². The van der Waals surface area contributed by atoms with Crippen molar-refractivity contribution in [2.75, 3.05) is 18.4 Å². The molecule has 1 aliphatic rings. The highest BCUT2D eigenvalue weighted by Crippen LogP contribution is 2.20. The molecule has 7 heteroatoms. The van der Waals surface area contributed by atoms with Crippen molar-refractivity contribution in [3.63, 3.8) is 0 Å². The molecule has 0 aromatic carbocycles. The predicted molar refractivity (Wildman–Crippen MR) is 92.5 cm³/mol. The van der Waals surface area contributed by atoms with E-state index in [9.17, 15) is 9.59 Å². The maximum absolute atomic E-state index is 12.3. The van der Waals surface area contributed by atoms with Crippen LogP contribution in [0, 0.1) is 12.8 Å². The molecule has 0 bridgehead atoms. The largest absolute Gasteiger partial charge is 0.462 e. The van der Waals surface area contributed by atoms with Gasteiger partial charge in [-0.05, 0) is 38.0 Å². The second-order valence-corrected chi connectivity index (χ2v) is 6.63. The van der Waals surface area contributed by atoms with Gasteiger partial charge in [-0.15, -0.1) is 11.3 Å². The smallest absolute Gasteiger partial charge is 0.246 e. The molecule has 0 spiro atoms. The van der Waals surface area contributed by atoms with Crippen LogP contribution in [0.25, 0.3) is 6.08 Å². The van der Waals surface area contributed by atoms with Crippen molar-refractivity contribution in [3.8, 4) is 0 Å². The zero-order valence-electron chi connectivity index (χ0n) is 13.4. The van der Waals surface area contributed by atoms with Crippen LogP contribution < -0.4 is 5.32 Å². The first-order valence-corrected chi connectivity index (χ1v) is 8.73. The molecule has 1 aliphatic heterocycles. The Bertz CT molecular complexity index is 736. The van der Waals surface area contributed by atoms with Crippen LogP contribution >= 0.6 is 11.3 Å². The lowest BCUT2D eigenvalue weighted by molar-refractivity contribution is -0.130. The molecule has 2 amide bonds. The monoisotopic (exact) mass is 345 g/mol. The minimum absolute atomic E-state index is 0.0758. The van der Waals surface area contributed by atoms with E-state index in [4.69, 9.17) is 4.42 Å². The zero-order chi connectivity index (χ0) is 16.9. The van der Waals surface area contributed by atoms with Gasteiger partial charge in [0.2, 0.25) is 11.8 Å². The normalized spacial score (nSPS) is 18.0. The maximum Gasteiger partial charge on any atom is 0.246 e. The number of furan rings is 1. The van der Waals surface area contributed by atoms with Crippen LogP contribution in [0.2, 0.25) is 0 Å². The summed E-state index contributed by atoms with van der Waals surface area (Å²) in [5.74, 6) is 1.07. The molecule has 1 fully saturated rings. The summed E-state index contributed by atoms with van der Waals surface area (Å²) < 4.78 is 5.41. The number of aromatic nitrogens is 1. The van der Waals surface area contributed by atoms with Gasteiger partial charge in [0.1, 0.15) is 11.5 Å². The second-order valence-electron chi connectivity index (χ2n) is 5.73. The first-order valence-electron chi connectivity index (χ1n) is 7.85. The molecule has 2 aromatic rings. The number of carbonyl (C=O) groups is 2. The molecule has 1 N–H and O–H groups in total. The van der Waals surface area contributed by atoms with Crippen LogP contribution in [0.3, 0.4) is 0 Å². The van der Waals surface area contributed by atoms with Gasteiger partial charge in [-0.3, -0.25) is 9.59 Å². The van der Waals surface area contributed by atoms with Crippen molar-refractivity contribution in [3.05, 3.63) is 41.3 Å². The number of thiazole rings is 1. The van der Waals surface area contributed by atoms with Crippen LogP contribution in [0.5, 0.6) is 0 Å². The van der Waals surface area contributed by atoms with Gasteiger partial charge in [0, 0.05) is 30.7 Å². The Morgan fingerprint density at radius 2 is 2.33 bits per heavy atom. The number of nitrogens with one attached hydrogen (secondary N) is 1. The summed E-state index contributed by atoms with van der Waals surface area (Å²) in [6.07, 6.45) is 6.41. The van der Waals surface area contributed by atoms with Crippen LogP contribution in [0.4, 0.5) is 5.13 Å². The number of hydrogen-bond donors (Lipinski definition) is 1. The lowest BCUT2D eigenvalue weighted by Gasteiger charge is -2.31. The second kappa shape index (κ2) is 7.44. The van der Waals surface area contributed by atoms with Crippen molar-refractivity contribution in [1.29, 1.82) is 0 Å². The Kier molecular flexibility index (Phi) is 5.10. The molecule has 0 saturated carbocycles. The Labute approximate surface area is 144 Å². The number of nitrogens with zero attached hydrogens (tertiary/aromatic N) is 2. The van der Waals surface area contributed by atoms with Crippen LogP contribution in [0.15, 0.2) is 34.2 Å². The van der Waals surface area contributed by atoms with Gasteiger partial charge in [-0.2, -0.15) is 0 Å². The highest BCUT2D eigenvalue weighted by Gasteiger charge is 2.28. The van der Waals surface area contributed by atoms with Crippen molar-refractivity contribution in [2.45, 2.75) is 19.8 Å². The van der Waals surface area contributed by atoms with Crippen molar-refractivity contribution >= 4 is 34.4 Å². The van der Waals surface area contributed by atoms with Crippen LogP contribution in [-0.4, -0.2) is 34.8 Å². The summed E-state index contributed by atoms with van der Waals surface area (Å²) in [7, 11) is 0. The Morgan fingerprint density at radius 1 is 1.46 bits per heavy atom. The minimum atomic E-state index is -0.203. The van der Waals surface area contributed by atoms with Gasteiger partial charge < -0.3 is 14.6 Å². The molecule has 0 aliphatic carbocycles. The third kappa shape index (κ3) is 4.11. The highest BCUT2D eigenvalue weighted by atomic mass is 32.1. The molecular formula is C17H19N3O3S. The number of rotatable bonds is 4. The molecule has 3 heterocycles. The van der Waals surface area contributed by atoms with Gasteiger partial charge in [0.05, 0.1) is 5.92 Å². The van der Waals surface area contributed by atoms with E-state index in [2.05, 4.69) is 10.3 Å². The van der Waals surface area contributed by atoms with E-state index in [1.54, 1.807) is 17.2 Å². The summed E-state index contributed by atoms with van der Waals surface area (Å²) in [4.78, 5) is 30.4. The van der Waals surface area contributed by atoms with Gasteiger partial charge in [0.25, 0.3) is 0 Å². The van der Waals surface area contributed by atoms with E-state index in [-0.39, 0.29) is 17.7 Å². The number of carbonyl (C=O) groups excluding carboxylic acids is 2. The topological polar surface area (TPSA) is 75.4 Å².